The maximum Gasteiger partial charge on any atom is 0.302 e. The van der Waals surface area contributed by atoms with Crippen LogP contribution in [-0.2, 0) is 14.0 Å². The van der Waals surface area contributed by atoms with Crippen molar-refractivity contribution in [1.29, 1.82) is 0 Å². The molecule has 31 heavy (non-hydrogen) atoms. The highest BCUT2D eigenvalue weighted by Crippen LogP contribution is 2.64. The number of carbonyl (C=O) groups excluding carboxylic acids is 1. The van der Waals surface area contributed by atoms with Gasteiger partial charge in [-0.3, -0.25) is 4.79 Å². The number of ether oxygens (including phenoxy) is 1. The number of carbonyl (C=O) groups is 1. The number of hydrogen-bond acceptors (Lipinski definition) is 3. The van der Waals surface area contributed by atoms with Crippen LogP contribution >= 0.6 is 0 Å². The van der Waals surface area contributed by atoms with Crippen molar-refractivity contribution < 1.29 is 14.0 Å². The van der Waals surface area contributed by atoms with E-state index in [1.54, 1.807) is 11.1 Å². The van der Waals surface area contributed by atoms with E-state index in [1.807, 2.05) is 0 Å². The van der Waals surface area contributed by atoms with Crippen LogP contribution in [0.3, 0.4) is 0 Å². The van der Waals surface area contributed by atoms with Crippen LogP contribution in [0.5, 0.6) is 0 Å². The molecule has 0 saturated heterocycles. The Kier molecular flexibility index (Phi) is 5.70. The van der Waals surface area contributed by atoms with E-state index < -0.39 is 8.32 Å². The number of fused-ring (bicyclic) bond motifs is 5. The molecular weight excluding hydrogens is 400 g/mol. The molecule has 0 unspecified atom stereocenters. The maximum absolute atomic E-state index is 11.5. The minimum Gasteiger partial charge on any atom is -0.462 e. The number of hydrogen-bond donors (Lipinski definition) is 0. The van der Waals surface area contributed by atoms with Crippen LogP contribution < -0.4 is 0 Å². The van der Waals surface area contributed by atoms with Crippen LogP contribution in [0.15, 0.2) is 23.3 Å². The summed E-state index contributed by atoms with van der Waals surface area (Å²) >= 11 is 0. The smallest absolute Gasteiger partial charge is 0.302 e. The van der Waals surface area contributed by atoms with E-state index in [9.17, 15) is 4.79 Å². The highest BCUT2D eigenvalue weighted by molar-refractivity contribution is 6.74. The molecule has 6 atom stereocenters. The molecule has 0 aromatic rings. The third-order valence-electron chi connectivity index (χ3n) is 9.96. The van der Waals surface area contributed by atoms with E-state index >= 15 is 0 Å². The lowest BCUT2D eigenvalue weighted by Crippen LogP contribution is -2.52. The zero-order chi connectivity index (χ0) is 22.8. The standard InChI is InChI=1S/C27H44O3Si/c1-18(28)29-20-13-15-26(5)19(17-20)9-10-21-22-11-12-24(27(22,6)16-14-23(21)26)30-31(7,8)25(2,3)4/h9,11,20-21,23-24H,10,12-17H2,1-8H3/t20-,21-,23-,24-,26-,27-/m0/s1. The van der Waals surface area contributed by atoms with E-state index in [2.05, 4.69) is 59.9 Å². The van der Waals surface area contributed by atoms with E-state index in [0.717, 1.165) is 38.0 Å². The number of allylic oxidation sites excluding steroid dienone is 1. The molecular formula is C27H44O3Si. The highest BCUT2D eigenvalue weighted by Gasteiger charge is 2.57. The number of rotatable bonds is 3. The summed E-state index contributed by atoms with van der Waals surface area (Å²) in [6.45, 7) is 18.4. The van der Waals surface area contributed by atoms with Gasteiger partial charge in [-0.1, -0.05) is 57.9 Å². The summed E-state index contributed by atoms with van der Waals surface area (Å²) in [5.74, 6) is 1.24. The van der Waals surface area contributed by atoms with Gasteiger partial charge in [0.25, 0.3) is 0 Å². The molecule has 0 N–H and O–H groups in total. The monoisotopic (exact) mass is 444 g/mol. The van der Waals surface area contributed by atoms with E-state index in [4.69, 9.17) is 9.16 Å². The first kappa shape index (κ1) is 23.3. The fourth-order valence-electron chi connectivity index (χ4n) is 6.98. The van der Waals surface area contributed by atoms with Gasteiger partial charge in [0.05, 0.1) is 6.10 Å². The van der Waals surface area contributed by atoms with Crippen molar-refractivity contribution >= 4 is 14.3 Å². The second kappa shape index (κ2) is 7.58. The predicted molar refractivity (Wildman–Crippen MR) is 129 cm³/mol. The summed E-state index contributed by atoms with van der Waals surface area (Å²) in [6.07, 6.45) is 13.4. The van der Waals surface area contributed by atoms with Crippen LogP contribution in [0.4, 0.5) is 0 Å². The zero-order valence-electron chi connectivity index (χ0n) is 21.1. The predicted octanol–water partition coefficient (Wildman–Crippen LogP) is 7.19. The first-order valence-electron chi connectivity index (χ1n) is 12.5. The Hall–Kier alpha value is -0.873. The molecule has 174 valence electrons. The fourth-order valence-corrected chi connectivity index (χ4v) is 8.40. The largest absolute Gasteiger partial charge is 0.462 e. The molecule has 0 aromatic heterocycles. The Labute approximate surface area is 191 Å². The zero-order valence-corrected chi connectivity index (χ0v) is 22.1. The number of esters is 1. The van der Waals surface area contributed by atoms with Crippen molar-refractivity contribution in [2.45, 2.75) is 117 Å². The second-order valence-corrected chi connectivity index (χ2v) is 17.5. The normalized spacial score (nSPS) is 40.3. The molecule has 4 heteroatoms. The molecule has 0 aliphatic heterocycles. The van der Waals surface area contributed by atoms with Crippen LogP contribution in [0, 0.1) is 22.7 Å². The van der Waals surface area contributed by atoms with Gasteiger partial charge in [-0.15, -0.1) is 0 Å². The fraction of sp³-hybridized carbons (Fsp3) is 0.815. The van der Waals surface area contributed by atoms with E-state index in [1.165, 1.54) is 19.8 Å². The van der Waals surface area contributed by atoms with Gasteiger partial charge in [0, 0.05) is 18.8 Å². The van der Waals surface area contributed by atoms with Gasteiger partial charge in [-0.2, -0.15) is 0 Å². The topological polar surface area (TPSA) is 35.5 Å². The molecule has 2 saturated carbocycles. The van der Waals surface area contributed by atoms with Gasteiger partial charge in [0.15, 0.2) is 8.32 Å². The Morgan fingerprint density at radius 1 is 1.06 bits per heavy atom. The molecule has 0 aromatic carbocycles. The van der Waals surface area contributed by atoms with Gasteiger partial charge in [0.2, 0.25) is 0 Å². The lowest BCUT2D eigenvalue weighted by Gasteiger charge is -2.57. The first-order chi connectivity index (χ1) is 14.3. The van der Waals surface area contributed by atoms with E-state index in [-0.39, 0.29) is 27.9 Å². The quantitative estimate of drug-likeness (QED) is 0.262. The summed E-state index contributed by atoms with van der Waals surface area (Å²) in [5, 5.41) is 0.250. The Morgan fingerprint density at radius 3 is 2.39 bits per heavy atom. The summed E-state index contributed by atoms with van der Waals surface area (Å²) in [6, 6.07) is 0. The van der Waals surface area contributed by atoms with E-state index in [0.29, 0.717) is 12.0 Å². The minimum absolute atomic E-state index is 0.0790. The van der Waals surface area contributed by atoms with Gasteiger partial charge < -0.3 is 9.16 Å². The molecule has 0 bridgehead atoms. The van der Waals surface area contributed by atoms with Crippen molar-refractivity contribution in [2.75, 3.05) is 0 Å². The van der Waals surface area contributed by atoms with Crippen molar-refractivity contribution in [2.24, 2.45) is 22.7 Å². The second-order valence-electron chi connectivity index (χ2n) is 12.8. The molecule has 0 spiro atoms. The summed E-state index contributed by atoms with van der Waals surface area (Å²) in [7, 11) is -1.79. The summed E-state index contributed by atoms with van der Waals surface area (Å²) < 4.78 is 12.6. The van der Waals surface area contributed by atoms with Crippen LogP contribution in [0.25, 0.3) is 0 Å². The van der Waals surface area contributed by atoms with Crippen molar-refractivity contribution in [3.63, 3.8) is 0 Å². The SMILES string of the molecule is CC(=O)O[C@H]1CC[C@@]2(C)C(=CC[C@H]3C4=CC[C@H](O[Si](C)(C)C(C)(C)C)[C@@]4(C)CC[C@@H]32)C1. The Bertz CT molecular complexity index is 804. The molecule has 4 aliphatic rings. The molecule has 4 aliphatic carbocycles. The molecule has 3 nitrogen and oxygen atoms in total. The molecule has 0 radical (unpaired) electrons. The summed E-state index contributed by atoms with van der Waals surface area (Å²) in [4.78, 5) is 11.5. The Morgan fingerprint density at radius 2 is 1.74 bits per heavy atom. The van der Waals surface area contributed by atoms with Gasteiger partial charge >= 0.3 is 5.97 Å². The van der Waals surface area contributed by atoms with Crippen LogP contribution in [0.2, 0.25) is 18.1 Å². The lowest BCUT2D eigenvalue weighted by molar-refractivity contribution is -0.148. The van der Waals surface area contributed by atoms with Gasteiger partial charge in [-0.25, -0.2) is 0 Å². The lowest BCUT2D eigenvalue weighted by atomic mass is 9.49. The van der Waals surface area contributed by atoms with Crippen molar-refractivity contribution in [3.8, 4) is 0 Å². The van der Waals surface area contributed by atoms with Gasteiger partial charge in [0.1, 0.15) is 6.10 Å². The minimum atomic E-state index is -1.79. The third kappa shape index (κ3) is 3.80. The van der Waals surface area contributed by atoms with Crippen molar-refractivity contribution in [3.05, 3.63) is 23.3 Å². The first-order valence-corrected chi connectivity index (χ1v) is 15.4. The molecule has 0 amide bonds. The third-order valence-corrected chi connectivity index (χ3v) is 14.4. The average Bonchev–Trinajstić information content (AvgIpc) is 2.96. The van der Waals surface area contributed by atoms with Crippen LogP contribution in [-0.4, -0.2) is 26.5 Å². The van der Waals surface area contributed by atoms with Crippen molar-refractivity contribution in [1.82, 2.24) is 0 Å². The summed E-state index contributed by atoms with van der Waals surface area (Å²) in [5.41, 5.74) is 3.72. The maximum atomic E-state index is 11.5. The molecule has 2 fully saturated rings. The Balaban J connectivity index is 1.55. The highest BCUT2D eigenvalue weighted by atomic mass is 28.4. The van der Waals surface area contributed by atoms with Crippen LogP contribution in [0.1, 0.15) is 86.5 Å². The van der Waals surface area contributed by atoms with Gasteiger partial charge in [-0.05, 0) is 73.9 Å². The molecule has 0 heterocycles. The average molecular weight is 445 g/mol. The molecule has 4 rings (SSSR count).